The normalized spacial score (nSPS) is 10.4. The molecule has 4 rings (SSSR count). The van der Waals surface area contributed by atoms with E-state index in [1.807, 2.05) is 30.3 Å². The fourth-order valence-electron chi connectivity index (χ4n) is 3.58. The maximum Gasteiger partial charge on any atom is 0.337 e. The lowest BCUT2D eigenvalue weighted by Gasteiger charge is -2.13. The van der Waals surface area contributed by atoms with Gasteiger partial charge in [0.25, 0.3) is 11.6 Å². The highest BCUT2D eigenvalue weighted by Crippen LogP contribution is 2.33. The fraction of sp³-hybridized carbons (Fsp3) is 0.0741. The van der Waals surface area contributed by atoms with Crippen molar-refractivity contribution in [1.29, 1.82) is 0 Å². The quantitative estimate of drug-likeness (QED) is 0.195. The number of pyridine rings is 1. The molecule has 0 fully saturated rings. The zero-order valence-electron chi connectivity index (χ0n) is 19.5. The Balaban J connectivity index is 1.54. The minimum atomic E-state index is -0.489. The number of nitro benzene ring substituents is 1. The van der Waals surface area contributed by atoms with E-state index in [0.717, 1.165) is 11.1 Å². The van der Waals surface area contributed by atoms with Crippen molar-refractivity contribution in [3.8, 4) is 11.1 Å². The number of carbonyl (C=O) groups is 2. The number of carbonyl (C=O) groups excluding carboxylic acids is 2. The molecule has 0 atom stereocenters. The lowest BCUT2D eigenvalue weighted by Crippen LogP contribution is -2.14. The second kappa shape index (κ2) is 10.5. The third-order valence-corrected chi connectivity index (χ3v) is 5.47. The van der Waals surface area contributed by atoms with Gasteiger partial charge in [-0.15, -0.1) is 0 Å². The predicted octanol–water partition coefficient (Wildman–Crippen LogP) is 5.75. The first-order valence-electron chi connectivity index (χ1n) is 10.9. The van der Waals surface area contributed by atoms with Gasteiger partial charge in [-0.25, -0.2) is 9.78 Å². The highest BCUT2D eigenvalue weighted by atomic mass is 16.6. The van der Waals surface area contributed by atoms with Crippen LogP contribution in [0.1, 0.15) is 26.4 Å². The Morgan fingerprint density at radius 2 is 1.56 bits per heavy atom. The second-order valence-corrected chi connectivity index (χ2v) is 7.83. The minimum Gasteiger partial charge on any atom is -0.465 e. The van der Waals surface area contributed by atoms with Crippen LogP contribution in [0.5, 0.6) is 0 Å². The summed E-state index contributed by atoms with van der Waals surface area (Å²) >= 11 is 0. The van der Waals surface area contributed by atoms with Gasteiger partial charge in [0, 0.05) is 11.6 Å². The van der Waals surface area contributed by atoms with E-state index in [0.29, 0.717) is 34.0 Å². The van der Waals surface area contributed by atoms with Gasteiger partial charge < -0.3 is 15.4 Å². The van der Waals surface area contributed by atoms with Crippen LogP contribution in [0.15, 0.2) is 84.9 Å². The molecule has 0 radical (unpaired) electrons. The molecule has 4 aromatic rings. The molecule has 36 heavy (non-hydrogen) atoms. The number of esters is 1. The molecule has 9 nitrogen and oxygen atoms in total. The lowest BCUT2D eigenvalue weighted by molar-refractivity contribution is -0.383. The van der Waals surface area contributed by atoms with Gasteiger partial charge in [-0.05, 0) is 66.6 Å². The van der Waals surface area contributed by atoms with E-state index in [1.54, 1.807) is 31.2 Å². The molecule has 1 aromatic heterocycles. The average Bonchev–Trinajstić information content (AvgIpc) is 2.90. The molecule has 1 amide bonds. The molecule has 180 valence electrons. The first-order valence-corrected chi connectivity index (χ1v) is 10.9. The van der Waals surface area contributed by atoms with Crippen molar-refractivity contribution in [2.24, 2.45) is 0 Å². The Morgan fingerprint density at radius 3 is 2.19 bits per heavy atom. The number of aromatic nitrogens is 1. The van der Waals surface area contributed by atoms with Gasteiger partial charge in [-0.2, -0.15) is 0 Å². The molecule has 0 saturated carbocycles. The van der Waals surface area contributed by atoms with E-state index >= 15 is 0 Å². The SMILES string of the molecule is COC(=O)c1ccc(C(=O)Nc2ccc(Nc3cc(-c4ccccc4)ccc3[N+](=O)[O-])c(C)n2)cc1. The summed E-state index contributed by atoms with van der Waals surface area (Å²) in [5.74, 6) is -0.574. The van der Waals surface area contributed by atoms with Crippen LogP contribution in [0.3, 0.4) is 0 Å². The first kappa shape index (κ1) is 24.1. The van der Waals surface area contributed by atoms with Crippen LogP contribution in [0.25, 0.3) is 11.1 Å². The maximum absolute atomic E-state index is 12.6. The molecular weight excluding hydrogens is 460 g/mol. The van der Waals surface area contributed by atoms with Crippen molar-refractivity contribution in [3.05, 3.63) is 112 Å². The number of hydrogen-bond donors (Lipinski definition) is 2. The number of nitrogens with one attached hydrogen (secondary N) is 2. The van der Waals surface area contributed by atoms with Crippen LogP contribution in [0.2, 0.25) is 0 Å². The first-order chi connectivity index (χ1) is 17.4. The summed E-state index contributed by atoms with van der Waals surface area (Å²) in [6.45, 7) is 1.73. The molecule has 0 saturated heterocycles. The summed E-state index contributed by atoms with van der Waals surface area (Å²) in [6, 6.07) is 23.8. The summed E-state index contributed by atoms with van der Waals surface area (Å²) in [5, 5.41) is 17.4. The number of benzene rings is 3. The number of amides is 1. The summed E-state index contributed by atoms with van der Waals surface area (Å²) < 4.78 is 4.66. The van der Waals surface area contributed by atoms with E-state index in [-0.39, 0.29) is 5.69 Å². The van der Waals surface area contributed by atoms with Crippen LogP contribution in [0, 0.1) is 17.0 Å². The predicted molar refractivity (Wildman–Crippen MR) is 137 cm³/mol. The van der Waals surface area contributed by atoms with Crippen molar-refractivity contribution in [2.75, 3.05) is 17.7 Å². The third-order valence-electron chi connectivity index (χ3n) is 5.47. The molecule has 2 N–H and O–H groups in total. The molecule has 9 heteroatoms. The molecule has 3 aromatic carbocycles. The Kier molecular flexibility index (Phi) is 7.01. The van der Waals surface area contributed by atoms with E-state index in [4.69, 9.17) is 0 Å². The van der Waals surface area contributed by atoms with Crippen LogP contribution in [-0.2, 0) is 4.74 Å². The molecule has 0 aliphatic carbocycles. The van der Waals surface area contributed by atoms with E-state index < -0.39 is 16.8 Å². The van der Waals surface area contributed by atoms with Crippen molar-refractivity contribution in [2.45, 2.75) is 6.92 Å². The van der Waals surface area contributed by atoms with Gasteiger partial charge in [0.1, 0.15) is 11.5 Å². The molecular formula is C27H22N4O5. The summed E-state index contributed by atoms with van der Waals surface area (Å²) in [4.78, 5) is 39.7. The molecule has 0 aliphatic heterocycles. The van der Waals surface area contributed by atoms with Crippen molar-refractivity contribution >= 4 is 34.8 Å². The zero-order chi connectivity index (χ0) is 25.7. The highest BCUT2D eigenvalue weighted by Gasteiger charge is 2.17. The van der Waals surface area contributed by atoms with Gasteiger partial charge in [0.15, 0.2) is 0 Å². The maximum atomic E-state index is 12.6. The van der Waals surface area contributed by atoms with Gasteiger partial charge in [-0.1, -0.05) is 30.3 Å². The Hall–Kier alpha value is -5.05. The smallest absolute Gasteiger partial charge is 0.337 e. The van der Waals surface area contributed by atoms with Crippen LogP contribution < -0.4 is 10.6 Å². The van der Waals surface area contributed by atoms with E-state index in [2.05, 4.69) is 20.4 Å². The summed E-state index contributed by atoms with van der Waals surface area (Å²) in [7, 11) is 1.29. The molecule has 0 aliphatic rings. The molecule has 0 bridgehead atoms. The lowest BCUT2D eigenvalue weighted by atomic mass is 10.0. The number of hydrogen-bond acceptors (Lipinski definition) is 7. The van der Waals surface area contributed by atoms with Gasteiger partial charge >= 0.3 is 5.97 Å². The number of ether oxygens (including phenoxy) is 1. The number of rotatable bonds is 7. The largest absolute Gasteiger partial charge is 0.465 e. The number of nitrogens with zero attached hydrogens (tertiary/aromatic N) is 2. The summed E-state index contributed by atoms with van der Waals surface area (Å²) in [6.07, 6.45) is 0. The van der Waals surface area contributed by atoms with Crippen molar-refractivity contribution < 1.29 is 19.2 Å². The molecule has 0 unspecified atom stereocenters. The third kappa shape index (κ3) is 5.36. The van der Waals surface area contributed by atoms with Crippen molar-refractivity contribution in [3.63, 3.8) is 0 Å². The Morgan fingerprint density at radius 1 is 0.861 bits per heavy atom. The minimum absolute atomic E-state index is 0.0677. The van der Waals surface area contributed by atoms with Crippen LogP contribution in [0.4, 0.5) is 22.9 Å². The van der Waals surface area contributed by atoms with Crippen LogP contribution >= 0.6 is 0 Å². The topological polar surface area (TPSA) is 123 Å². The highest BCUT2D eigenvalue weighted by molar-refractivity contribution is 6.04. The van der Waals surface area contributed by atoms with Gasteiger partial charge in [0.2, 0.25) is 0 Å². The van der Waals surface area contributed by atoms with Crippen LogP contribution in [-0.4, -0.2) is 28.9 Å². The van der Waals surface area contributed by atoms with Gasteiger partial charge in [-0.3, -0.25) is 14.9 Å². The Bertz CT molecular complexity index is 1440. The fourth-order valence-corrected chi connectivity index (χ4v) is 3.58. The molecule has 1 heterocycles. The second-order valence-electron chi connectivity index (χ2n) is 7.83. The number of anilines is 3. The number of nitro groups is 1. The monoisotopic (exact) mass is 482 g/mol. The zero-order valence-corrected chi connectivity index (χ0v) is 19.5. The summed E-state index contributed by atoms with van der Waals surface area (Å²) in [5.41, 5.74) is 3.80. The Labute approximate surface area is 206 Å². The van der Waals surface area contributed by atoms with E-state index in [1.165, 1.54) is 37.4 Å². The number of methoxy groups -OCH3 is 1. The molecule has 0 spiro atoms. The van der Waals surface area contributed by atoms with E-state index in [9.17, 15) is 19.7 Å². The standard InChI is InChI=1S/C27H22N4O5/c1-17-22(29-23-16-21(12-14-24(23)31(34)35)18-6-4-3-5-7-18)13-15-25(28-17)30-26(32)19-8-10-20(11-9-19)27(33)36-2/h3-16,29H,1-2H3,(H,28,30,32). The van der Waals surface area contributed by atoms with Gasteiger partial charge in [0.05, 0.1) is 29.0 Å². The average molecular weight is 482 g/mol. The number of aryl methyl sites for hydroxylation is 1. The van der Waals surface area contributed by atoms with Crippen molar-refractivity contribution in [1.82, 2.24) is 4.98 Å².